The molecule has 0 unspecified atom stereocenters. The van der Waals surface area contributed by atoms with E-state index in [4.69, 9.17) is 0 Å². The number of carbonyl (C=O) groups excluding carboxylic acids is 1. The van der Waals surface area contributed by atoms with Crippen LogP contribution in [-0.2, 0) is 11.2 Å². The minimum Gasteiger partial charge on any atom is -0.352 e. The average Bonchev–Trinajstić information content (AvgIpc) is 2.98. The molecular formula is C17H15FN4O. The van der Waals surface area contributed by atoms with Gasteiger partial charge in [0, 0.05) is 25.2 Å². The molecule has 6 heteroatoms. The van der Waals surface area contributed by atoms with Crippen LogP contribution in [0, 0.1) is 5.82 Å². The first kappa shape index (κ1) is 14.9. The van der Waals surface area contributed by atoms with Gasteiger partial charge in [-0.2, -0.15) is 0 Å². The molecule has 3 aromatic rings. The normalized spacial score (nSPS) is 11.2. The molecule has 0 bridgehead atoms. The Bertz CT molecular complexity index is 839. The Morgan fingerprint density at radius 3 is 2.83 bits per heavy atom. The van der Waals surface area contributed by atoms with E-state index in [0.29, 0.717) is 13.0 Å². The largest absolute Gasteiger partial charge is 0.352 e. The van der Waals surface area contributed by atoms with Crippen molar-refractivity contribution in [2.75, 3.05) is 6.54 Å². The second-order valence-corrected chi connectivity index (χ2v) is 4.97. The lowest BCUT2D eigenvalue weighted by Gasteiger charge is -2.01. The van der Waals surface area contributed by atoms with Crippen LogP contribution in [0.3, 0.4) is 0 Å². The van der Waals surface area contributed by atoms with Crippen LogP contribution in [0.1, 0.15) is 11.4 Å². The number of nitrogens with one attached hydrogen (secondary N) is 1. The molecule has 1 N–H and O–H groups in total. The highest BCUT2D eigenvalue weighted by Gasteiger charge is 2.04. The first-order valence-corrected chi connectivity index (χ1v) is 7.22. The molecule has 1 aromatic carbocycles. The average molecular weight is 310 g/mol. The van der Waals surface area contributed by atoms with Gasteiger partial charge in [0.05, 0.1) is 0 Å². The van der Waals surface area contributed by atoms with E-state index < -0.39 is 0 Å². The number of amides is 1. The number of aromatic nitrogens is 3. The number of hydrogen-bond donors (Lipinski definition) is 1. The summed E-state index contributed by atoms with van der Waals surface area (Å²) in [5.41, 5.74) is 1.55. The van der Waals surface area contributed by atoms with Crippen LogP contribution in [-0.4, -0.2) is 27.0 Å². The minimum atomic E-state index is -0.299. The van der Waals surface area contributed by atoms with Gasteiger partial charge >= 0.3 is 0 Å². The Morgan fingerprint density at radius 1 is 1.17 bits per heavy atom. The van der Waals surface area contributed by atoms with Crippen LogP contribution in [0.2, 0.25) is 0 Å². The Hall–Kier alpha value is -3.02. The highest BCUT2D eigenvalue weighted by Crippen LogP contribution is 2.05. The van der Waals surface area contributed by atoms with Gasteiger partial charge < -0.3 is 5.32 Å². The van der Waals surface area contributed by atoms with Crippen molar-refractivity contribution in [2.24, 2.45) is 0 Å². The van der Waals surface area contributed by atoms with Crippen LogP contribution >= 0.6 is 0 Å². The van der Waals surface area contributed by atoms with Crippen LogP contribution in [0.4, 0.5) is 4.39 Å². The van der Waals surface area contributed by atoms with Crippen molar-refractivity contribution in [3.05, 3.63) is 71.9 Å². The van der Waals surface area contributed by atoms with E-state index in [1.807, 2.05) is 28.8 Å². The van der Waals surface area contributed by atoms with Crippen molar-refractivity contribution < 1.29 is 9.18 Å². The number of nitrogens with zero attached hydrogens (tertiary/aromatic N) is 3. The number of hydrogen-bond acceptors (Lipinski definition) is 3. The number of carbonyl (C=O) groups is 1. The smallest absolute Gasteiger partial charge is 0.244 e. The highest BCUT2D eigenvalue weighted by atomic mass is 19.1. The summed E-state index contributed by atoms with van der Waals surface area (Å²) in [6, 6.07) is 11.6. The summed E-state index contributed by atoms with van der Waals surface area (Å²) >= 11 is 0. The summed E-state index contributed by atoms with van der Waals surface area (Å²) in [5, 5.41) is 10.9. The van der Waals surface area contributed by atoms with Gasteiger partial charge in [-0.3, -0.25) is 9.20 Å². The van der Waals surface area contributed by atoms with Gasteiger partial charge in [0.2, 0.25) is 5.91 Å². The van der Waals surface area contributed by atoms with E-state index in [1.54, 1.807) is 18.2 Å². The Labute approximate surface area is 132 Å². The van der Waals surface area contributed by atoms with Crippen LogP contribution in [0.5, 0.6) is 0 Å². The van der Waals surface area contributed by atoms with Gasteiger partial charge in [0.15, 0.2) is 5.65 Å². The van der Waals surface area contributed by atoms with Crippen molar-refractivity contribution >= 4 is 17.6 Å². The maximum Gasteiger partial charge on any atom is 0.244 e. The Kier molecular flexibility index (Phi) is 4.42. The van der Waals surface area contributed by atoms with Gasteiger partial charge in [-0.25, -0.2) is 4.39 Å². The van der Waals surface area contributed by atoms with E-state index in [9.17, 15) is 9.18 Å². The topological polar surface area (TPSA) is 59.3 Å². The lowest BCUT2D eigenvalue weighted by atomic mass is 10.2. The van der Waals surface area contributed by atoms with Crippen LogP contribution in [0.15, 0.2) is 54.7 Å². The third-order valence-electron chi connectivity index (χ3n) is 3.33. The molecule has 2 aromatic heterocycles. The number of pyridine rings is 1. The van der Waals surface area contributed by atoms with Crippen molar-refractivity contribution in [2.45, 2.75) is 6.42 Å². The quantitative estimate of drug-likeness (QED) is 0.735. The zero-order valence-corrected chi connectivity index (χ0v) is 12.3. The van der Waals surface area contributed by atoms with E-state index in [2.05, 4.69) is 15.5 Å². The van der Waals surface area contributed by atoms with Crippen LogP contribution in [0.25, 0.3) is 11.7 Å². The van der Waals surface area contributed by atoms with Crippen molar-refractivity contribution in [3.8, 4) is 0 Å². The van der Waals surface area contributed by atoms with Crippen molar-refractivity contribution in [3.63, 3.8) is 0 Å². The second-order valence-electron chi connectivity index (χ2n) is 4.97. The fourth-order valence-corrected chi connectivity index (χ4v) is 2.16. The summed E-state index contributed by atoms with van der Waals surface area (Å²) in [6.07, 6.45) is 5.54. The zero-order chi connectivity index (χ0) is 16.1. The molecule has 3 rings (SSSR count). The first-order valence-electron chi connectivity index (χ1n) is 7.22. The third-order valence-corrected chi connectivity index (χ3v) is 3.33. The minimum absolute atomic E-state index is 0.205. The maximum atomic E-state index is 12.8. The maximum absolute atomic E-state index is 12.8. The predicted molar refractivity (Wildman–Crippen MR) is 85.1 cm³/mol. The summed E-state index contributed by atoms with van der Waals surface area (Å²) in [7, 11) is 0. The predicted octanol–water partition coefficient (Wildman–Crippen LogP) is 2.24. The van der Waals surface area contributed by atoms with E-state index in [0.717, 1.165) is 17.0 Å². The van der Waals surface area contributed by atoms with E-state index in [-0.39, 0.29) is 11.7 Å². The summed E-state index contributed by atoms with van der Waals surface area (Å²) in [5.74, 6) is 0.290. The molecule has 5 nitrogen and oxygen atoms in total. The Morgan fingerprint density at radius 2 is 2.00 bits per heavy atom. The van der Waals surface area contributed by atoms with E-state index in [1.165, 1.54) is 18.2 Å². The summed E-state index contributed by atoms with van der Waals surface area (Å²) in [6.45, 7) is 0.461. The molecule has 116 valence electrons. The van der Waals surface area contributed by atoms with Crippen LogP contribution < -0.4 is 5.32 Å². The molecule has 0 saturated carbocycles. The molecule has 0 atom stereocenters. The van der Waals surface area contributed by atoms with Crippen molar-refractivity contribution in [1.29, 1.82) is 0 Å². The molecule has 0 spiro atoms. The zero-order valence-electron chi connectivity index (χ0n) is 12.3. The molecule has 1 amide bonds. The molecule has 0 aliphatic rings. The monoisotopic (exact) mass is 310 g/mol. The number of halogens is 1. The van der Waals surface area contributed by atoms with Crippen molar-refractivity contribution in [1.82, 2.24) is 19.9 Å². The molecule has 23 heavy (non-hydrogen) atoms. The van der Waals surface area contributed by atoms with Gasteiger partial charge in [-0.1, -0.05) is 18.2 Å². The molecule has 0 saturated heterocycles. The fourth-order valence-electron chi connectivity index (χ4n) is 2.16. The number of fused-ring (bicyclic) bond motifs is 1. The molecule has 0 radical (unpaired) electrons. The fraction of sp³-hybridized carbons (Fsp3) is 0.118. The molecule has 0 aliphatic carbocycles. The lowest BCUT2D eigenvalue weighted by molar-refractivity contribution is -0.116. The lowest BCUT2D eigenvalue weighted by Crippen LogP contribution is -2.24. The van der Waals surface area contributed by atoms with Gasteiger partial charge in [0.1, 0.15) is 11.6 Å². The summed E-state index contributed by atoms with van der Waals surface area (Å²) < 4.78 is 14.7. The summed E-state index contributed by atoms with van der Waals surface area (Å²) in [4.78, 5) is 11.8. The standard InChI is InChI=1S/C17H15FN4O/c18-14-7-4-13(5-8-14)6-9-17(23)19-11-10-16-21-20-15-3-1-2-12-22(15)16/h1-9,12H,10-11H2,(H,19,23)/b9-6+. The third kappa shape index (κ3) is 3.79. The van der Waals surface area contributed by atoms with E-state index >= 15 is 0 Å². The SMILES string of the molecule is O=C(/C=C/c1ccc(F)cc1)NCCc1nnc2ccccn12. The van der Waals surface area contributed by atoms with Gasteiger partial charge in [-0.05, 0) is 35.9 Å². The van der Waals surface area contributed by atoms with Gasteiger partial charge in [0.25, 0.3) is 0 Å². The molecular weight excluding hydrogens is 295 g/mol. The number of benzene rings is 1. The Balaban J connectivity index is 1.52. The highest BCUT2D eigenvalue weighted by molar-refractivity contribution is 5.91. The number of rotatable bonds is 5. The molecule has 0 aliphatic heterocycles. The first-order chi connectivity index (χ1) is 11.2. The molecule has 0 fully saturated rings. The molecule has 2 heterocycles. The second kappa shape index (κ2) is 6.83. The van der Waals surface area contributed by atoms with Gasteiger partial charge in [-0.15, -0.1) is 10.2 Å².